The average Bonchev–Trinajstić information content (AvgIpc) is 2.72. The molecular weight excluding hydrogens is 240 g/mol. The number of aromatic nitrogens is 2. The zero-order chi connectivity index (χ0) is 13.8. The van der Waals surface area contributed by atoms with Crippen LogP contribution in [0.4, 0.5) is 0 Å². The fraction of sp³-hybridized carbons (Fsp3) is 0.714. The Morgan fingerprint density at radius 2 is 2.42 bits per heavy atom. The summed E-state index contributed by atoms with van der Waals surface area (Å²) in [5.41, 5.74) is 2.45. The fourth-order valence-corrected chi connectivity index (χ4v) is 2.81. The zero-order valence-electron chi connectivity index (χ0n) is 12.1. The van der Waals surface area contributed by atoms with Crippen molar-refractivity contribution < 1.29 is 4.79 Å². The molecule has 2 unspecified atom stereocenters. The van der Waals surface area contributed by atoms with E-state index in [4.69, 9.17) is 0 Å². The number of nitrogens with zero attached hydrogens (tertiary/aromatic N) is 2. The van der Waals surface area contributed by atoms with Crippen LogP contribution in [0, 0.1) is 0 Å². The van der Waals surface area contributed by atoms with Crippen LogP contribution in [-0.2, 0) is 18.3 Å². The molecule has 1 heterocycles. The minimum absolute atomic E-state index is 0.121. The number of hydrogen-bond donors (Lipinski definition) is 2. The van der Waals surface area contributed by atoms with Gasteiger partial charge in [-0.05, 0) is 32.7 Å². The van der Waals surface area contributed by atoms with Crippen molar-refractivity contribution >= 4 is 5.91 Å². The Balaban J connectivity index is 1.95. The molecule has 1 aromatic rings. The number of carbonyl (C=O) groups is 1. The number of carbonyl (C=O) groups excluding carboxylic acids is 1. The Hall–Kier alpha value is -1.36. The maximum Gasteiger partial charge on any atom is 0.222 e. The minimum atomic E-state index is 0.121. The second kappa shape index (κ2) is 6.19. The summed E-state index contributed by atoms with van der Waals surface area (Å²) in [6.45, 7) is 4.99. The molecule has 0 radical (unpaired) electrons. The summed E-state index contributed by atoms with van der Waals surface area (Å²) in [7, 11) is 1.97. The fourth-order valence-electron chi connectivity index (χ4n) is 2.81. The van der Waals surface area contributed by atoms with Crippen LogP contribution in [0.3, 0.4) is 0 Å². The third-order valence-electron chi connectivity index (χ3n) is 3.76. The highest BCUT2D eigenvalue weighted by Crippen LogP contribution is 2.29. The molecule has 1 amide bonds. The van der Waals surface area contributed by atoms with E-state index in [1.807, 2.05) is 24.9 Å². The number of rotatable bonds is 5. The van der Waals surface area contributed by atoms with Crippen molar-refractivity contribution in [3.63, 3.8) is 0 Å². The molecule has 0 aliphatic heterocycles. The Morgan fingerprint density at radius 3 is 3.16 bits per heavy atom. The standard InChI is InChI=1S/C14H24N4O/c1-4-15-10(2)8-14(19)17-12-6-5-7-13-11(12)9-16-18(13)3/h9-10,12,15H,4-8H2,1-3H3,(H,17,19). The molecule has 0 saturated heterocycles. The number of amides is 1. The maximum absolute atomic E-state index is 12.0. The molecule has 0 bridgehead atoms. The molecular formula is C14H24N4O. The summed E-state index contributed by atoms with van der Waals surface area (Å²) < 4.78 is 1.93. The van der Waals surface area contributed by atoms with Crippen LogP contribution in [-0.4, -0.2) is 28.3 Å². The lowest BCUT2D eigenvalue weighted by molar-refractivity contribution is -0.122. The first-order valence-electron chi connectivity index (χ1n) is 7.15. The highest BCUT2D eigenvalue weighted by atomic mass is 16.1. The van der Waals surface area contributed by atoms with Crippen molar-refractivity contribution in [1.29, 1.82) is 0 Å². The third-order valence-corrected chi connectivity index (χ3v) is 3.76. The van der Waals surface area contributed by atoms with E-state index in [0.29, 0.717) is 6.42 Å². The predicted molar refractivity (Wildman–Crippen MR) is 74.8 cm³/mol. The number of hydrogen-bond acceptors (Lipinski definition) is 3. The molecule has 19 heavy (non-hydrogen) atoms. The molecule has 1 aliphatic rings. The van der Waals surface area contributed by atoms with E-state index in [1.165, 1.54) is 11.3 Å². The van der Waals surface area contributed by atoms with Gasteiger partial charge in [-0.2, -0.15) is 5.10 Å². The molecule has 5 nitrogen and oxygen atoms in total. The van der Waals surface area contributed by atoms with E-state index in [-0.39, 0.29) is 18.0 Å². The van der Waals surface area contributed by atoms with E-state index in [2.05, 4.69) is 22.7 Å². The minimum Gasteiger partial charge on any atom is -0.349 e. The van der Waals surface area contributed by atoms with E-state index < -0.39 is 0 Å². The van der Waals surface area contributed by atoms with Crippen molar-refractivity contribution in [2.24, 2.45) is 7.05 Å². The molecule has 1 aromatic heterocycles. The maximum atomic E-state index is 12.0. The Kier molecular flexibility index (Phi) is 4.58. The Labute approximate surface area is 114 Å². The van der Waals surface area contributed by atoms with Gasteiger partial charge in [-0.1, -0.05) is 6.92 Å². The van der Waals surface area contributed by atoms with E-state index in [9.17, 15) is 4.79 Å². The molecule has 2 atom stereocenters. The summed E-state index contributed by atoms with van der Waals surface area (Å²) >= 11 is 0. The van der Waals surface area contributed by atoms with E-state index >= 15 is 0 Å². The van der Waals surface area contributed by atoms with Gasteiger partial charge in [0.05, 0.1) is 12.2 Å². The lowest BCUT2D eigenvalue weighted by Gasteiger charge is -2.24. The SMILES string of the molecule is CCNC(C)CC(=O)NC1CCCc2c1cnn2C. The van der Waals surface area contributed by atoms with Gasteiger partial charge in [0.15, 0.2) is 0 Å². The van der Waals surface area contributed by atoms with Crippen LogP contribution < -0.4 is 10.6 Å². The molecule has 106 valence electrons. The Bertz CT molecular complexity index is 441. The van der Waals surface area contributed by atoms with Crippen LogP contribution in [0.25, 0.3) is 0 Å². The van der Waals surface area contributed by atoms with Crippen molar-refractivity contribution in [3.8, 4) is 0 Å². The van der Waals surface area contributed by atoms with Gasteiger partial charge in [-0.25, -0.2) is 0 Å². The summed E-state index contributed by atoms with van der Waals surface area (Å²) in [5, 5.41) is 10.7. The summed E-state index contributed by atoms with van der Waals surface area (Å²) in [6, 6.07) is 0.362. The van der Waals surface area contributed by atoms with Gasteiger partial charge in [0.2, 0.25) is 5.91 Å². The van der Waals surface area contributed by atoms with Crippen molar-refractivity contribution in [3.05, 3.63) is 17.5 Å². The number of fused-ring (bicyclic) bond motifs is 1. The molecule has 2 N–H and O–H groups in total. The number of nitrogens with one attached hydrogen (secondary N) is 2. The van der Waals surface area contributed by atoms with Crippen molar-refractivity contribution in [2.75, 3.05) is 6.54 Å². The third kappa shape index (κ3) is 3.35. The van der Waals surface area contributed by atoms with E-state index in [0.717, 1.165) is 25.8 Å². The van der Waals surface area contributed by atoms with Crippen molar-refractivity contribution in [2.45, 2.75) is 51.6 Å². The highest BCUT2D eigenvalue weighted by molar-refractivity contribution is 5.77. The number of aryl methyl sites for hydroxylation is 1. The van der Waals surface area contributed by atoms with E-state index in [1.54, 1.807) is 0 Å². The topological polar surface area (TPSA) is 59.0 Å². The van der Waals surface area contributed by atoms with Gasteiger partial charge < -0.3 is 10.6 Å². The lowest BCUT2D eigenvalue weighted by Crippen LogP contribution is -2.36. The van der Waals surface area contributed by atoms with Gasteiger partial charge in [-0.3, -0.25) is 9.48 Å². The monoisotopic (exact) mass is 264 g/mol. The first kappa shape index (κ1) is 14.1. The van der Waals surface area contributed by atoms with Gasteiger partial charge in [-0.15, -0.1) is 0 Å². The van der Waals surface area contributed by atoms with Crippen LogP contribution in [0.1, 0.15) is 50.4 Å². The van der Waals surface area contributed by atoms with Crippen LogP contribution in [0.2, 0.25) is 0 Å². The Morgan fingerprint density at radius 1 is 1.63 bits per heavy atom. The molecule has 0 saturated carbocycles. The largest absolute Gasteiger partial charge is 0.349 e. The van der Waals surface area contributed by atoms with Crippen LogP contribution >= 0.6 is 0 Å². The summed E-state index contributed by atoms with van der Waals surface area (Å²) in [6.07, 6.45) is 5.61. The van der Waals surface area contributed by atoms with Gasteiger partial charge in [0.1, 0.15) is 0 Å². The average molecular weight is 264 g/mol. The molecule has 0 spiro atoms. The zero-order valence-corrected chi connectivity index (χ0v) is 12.1. The van der Waals surface area contributed by atoms with Crippen LogP contribution in [0.5, 0.6) is 0 Å². The lowest BCUT2D eigenvalue weighted by atomic mass is 9.93. The molecule has 2 rings (SSSR count). The molecule has 0 aromatic carbocycles. The summed E-state index contributed by atoms with van der Waals surface area (Å²) in [5.74, 6) is 0.121. The van der Waals surface area contributed by atoms with Gasteiger partial charge >= 0.3 is 0 Å². The van der Waals surface area contributed by atoms with Gasteiger partial charge in [0, 0.05) is 30.8 Å². The normalized spacial score (nSPS) is 19.8. The second-order valence-electron chi connectivity index (χ2n) is 5.35. The smallest absolute Gasteiger partial charge is 0.222 e. The predicted octanol–water partition coefficient (Wildman–Crippen LogP) is 1.30. The van der Waals surface area contributed by atoms with Gasteiger partial charge in [0.25, 0.3) is 0 Å². The molecule has 0 fully saturated rings. The molecule has 5 heteroatoms. The second-order valence-corrected chi connectivity index (χ2v) is 5.35. The van der Waals surface area contributed by atoms with Crippen molar-refractivity contribution in [1.82, 2.24) is 20.4 Å². The highest BCUT2D eigenvalue weighted by Gasteiger charge is 2.24. The quantitative estimate of drug-likeness (QED) is 0.843. The molecule has 1 aliphatic carbocycles. The van der Waals surface area contributed by atoms with Crippen LogP contribution in [0.15, 0.2) is 6.20 Å². The summed E-state index contributed by atoms with van der Waals surface area (Å²) in [4.78, 5) is 12.0. The first-order valence-corrected chi connectivity index (χ1v) is 7.15. The first-order chi connectivity index (χ1) is 9.11.